The van der Waals surface area contributed by atoms with Crippen LogP contribution >= 0.6 is 0 Å². The summed E-state index contributed by atoms with van der Waals surface area (Å²) in [7, 11) is 0. The molecule has 0 fully saturated rings. The molecule has 0 aromatic heterocycles. The predicted molar refractivity (Wildman–Crippen MR) is 284 cm³/mol. The summed E-state index contributed by atoms with van der Waals surface area (Å²) in [6, 6.07) is 0. The van der Waals surface area contributed by atoms with E-state index in [1.165, 1.54) is 116 Å². The van der Waals surface area contributed by atoms with Crippen LogP contribution in [0.2, 0.25) is 0 Å². The highest BCUT2D eigenvalue weighted by Gasteiger charge is 2.19. The van der Waals surface area contributed by atoms with Gasteiger partial charge in [-0.1, -0.05) is 216 Å². The molecule has 6 heteroatoms. The van der Waals surface area contributed by atoms with Gasteiger partial charge in [0, 0.05) is 19.3 Å². The molecule has 1 atom stereocenters. The molecular weight excluding hydrogens is 817 g/mol. The van der Waals surface area contributed by atoms with Crippen LogP contribution in [0, 0.1) is 0 Å². The van der Waals surface area contributed by atoms with Crippen LogP contribution in [0.1, 0.15) is 271 Å². The molecule has 0 amide bonds. The fraction of sp³-hybridized carbons (Fsp3) is 0.750. The van der Waals surface area contributed by atoms with Crippen LogP contribution in [0.3, 0.4) is 0 Å². The molecule has 0 aliphatic rings. The molecular formula is C60H104O6. The van der Waals surface area contributed by atoms with Gasteiger partial charge in [-0.15, -0.1) is 0 Å². The molecule has 0 saturated heterocycles. The van der Waals surface area contributed by atoms with Crippen LogP contribution in [-0.2, 0) is 28.6 Å². The van der Waals surface area contributed by atoms with Gasteiger partial charge in [0.05, 0.1) is 0 Å². The highest BCUT2D eigenvalue weighted by atomic mass is 16.6. The number of hydrogen-bond donors (Lipinski definition) is 0. The summed E-state index contributed by atoms with van der Waals surface area (Å²) in [6.45, 7) is 6.49. The first-order valence-corrected chi connectivity index (χ1v) is 27.9. The van der Waals surface area contributed by atoms with Crippen molar-refractivity contribution in [2.45, 2.75) is 277 Å². The number of allylic oxidation sites excluding steroid dienone is 12. The van der Waals surface area contributed by atoms with Crippen LogP contribution in [0.25, 0.3) is 0 Å². The molecule has 0 saturated carbocycles. The maximum atomic E-state index is 12.8. The largest absolute Gasteiger partial charge is 0.462 e. The Morgan fingerprint density at radius 2 is 0.591 bits per heavy atom. The van der Waals surface area contributed by atoms with E-state index in [4.69, 9.17) is 14.2 Å². The van der Waals surface area contributed by atoms with Crippen molar-refractivity contribution >= 4 is 17.9 Å². The number of hydrogen-bond acceptors (Lipinski definition) is 6. The number of rotatable bonds is 50. The number of unbranched alkanes of at least 4 members (excludes halogenated alkanes) is 27. The molecule has 380 valence electrons. The van der Waals surface area contributed by atoms with Gasteiger partial charge in [-0.2, -0.15) is 0 Å². The standard InChI is InChI=1S/C60H104O6/c1-4-7-10-13-16-19-22-25-28-29-30-33-35-38-41-44-47-50-53-59(62)65-56-57(66-60(63)54-51-48-45-42-39-36-32-27-24-21-18-15-12-9-6-3)55-64-58(61)52-49-46-43-40-37-34-31-26-23-20-17-14-11-8-5-2/h9,12,18-19,21-22,26-29,31-32,57H,4-8,10-11,13-17,20,23-25,30,33-56H2,1-3H3/b12-9-,21-18-,22-19-,29-28-,31-26-,32-27-. The first kappa shape index (κ1) is 62.8. The minimum Gasteiger partial charge on any atom is -0.462 e. The van der Waals surface area contributed by atoms with Crippen LogP contribution in [0.15, 0.2) is 72.9 Å². The van der Waals surface area contributed by atoms with Crippen LogP contribution < -0.4 is 0 Å². The van der Waals surface area contributed by atoms with Crippen LogP contribution in [0.4, 0.5) is 0 Å². The number of carbonyl (C=O) groups is 3. The number of esters is 3. The topological polar surface area (TPSA) is 78.9 Å². The number of ether oxygens (including phenoxy) is 3. The van der Waals surface area contributed by atoms with Gasteiger partial charge in [-0.3, -0.25) is 14.4 Å². The van der Waals surface area contributed by atoms with Gasteiger partial charge in [0.15, 0.2) is 6.10 Å². The van der Waals surface area contributed by atoms with E-state index in [-0.39, 0.29) is 31.1 Å². The maximum absolute atomic E-state index is 12.8. The highest BCUT2D eigenvalue weighted by Crippen LogP contribution is 2.14. The quantitative estimate of drug-likeness (QED) is 0.0262. The molecule has 0 aliphatic carbocycles. The van der Waals surface area contributed by atoms with Crippen molar-refractivity contribution in [2.75, 3.05) is 13.2 Å². The van der Waals surface area contributed by atoms with E-state index in [0.29, 0.717) is 19.3 Å². The van der Waals surface area contributed by atoms with Gasteiger partial charge < -0.3 is 14.2 Å². The lowest BCUT2D eigenvalue weighted by molar-refractivity contribution is -0.167. The van der Waals surface area contributed by atoms with Gasteiger partial charge in [0.2, 0.25) is 0 Å². The maximum Gasteiger partial charge on any atom is 0.306 e. The van der Waals surface area contributed by atoms with Crippen molar-refractivity contribution in [3.05, 3.63) is 72.9 Å². The van der Waals surface area contributed by atoms with Crippen LogP contribution in [0.5, 0.6) is 0 Å². The summed E-state index contributed by atoms with van der Waals surface area (Å²) in [5.74, 6) is -0.916. The lowest BCUT2D eigenvalue weighted by Crippen LogP contribution is -2.30. The Hall–Kier alpha value is -3.15. The summed E-state index contributed by atoms with van der Waals surface area (Å²) in [4.78, 5) is 38.1. The Labute approximate surface area is 408 Å². The fourth-order valence-corrected chi connectivity index (χ4v) is 7.72. The Bertz CT molecular complexity index is 1240. The first-order valence-electron chi connectivity index (χ1n) is 27.9. The predicted octanol–water partition coefficient (Wildman–Crippen LogP) is 18.6. The summed E-state index contributed by atoms with van der Waals surface area (Å²) >= 11 is 0. The van der Waals surface area contributed by atoms with Gasteiger partial charge in [-0.05, 0) is 109 Å². The van der Waals surface area contributed by atoms with E-state index in [2.05, 4.69) is 93.7 Å². The third-order valence-electron chi connectivity index (χ3n) is 11.9. The molecule has 1 unspecified atom stereocenters. The van der Waals surface area contributed by atoms with Crippen molar-refractivity contribution in [3.63, 3.8) is 0 Å². The Kier molecular flexibility index (Phi) is 51.9. The zero-order valence-electron chi connectivity index (χ0n) is 43.4. The van der Waals surface area contributed by atoms with E-state index in [1.807, 2.05) is 0 Å². The smallest absolute Gasteiger partial charge is 0.306 e. The average Bonchev–Trinajstić information content (AvgIpc) is 3.31. The summed E-state index contributed by atoms with van der Waals surface area (Å²) in [5.41, 5.74) is 0. The monoisotopic (exact) mass is 921 g/mol. The third kappa shape index (κ3) is 51.8. The lowest BCUT2D eigenvalue weighted by atomic mass is 10.1. The zero-order chi connectivity index (χ0) is 47.9. The van der Waals surface area contributed by atoms with E-state index in [9.17, 15) is 14.4 Å². The van der Waals surface area contributed by atoms with Gasteiger partial charge in [0.25, 0.3) is 0 Å². The molecule has 0 aliphatic heterocycles. The molecule has 0 aromatic carbocycles. The molecule has 0 radical (unpaired) electrons. The second kappa shape index (κ2) is 54.5. The lowest BCUT2D eigenvalue weighted by Gasteiger charge is -2.18. The summed E-state index contributed by atoms with van der Waals surface area (Å²) in [5, 5.41) is 0. The SMILES string of the molecule is CC/C=C\C/C=C\C/C=C\CCCCCCCC(=O)OC(COC(=O)CCCCCCC/C=C\CCCCCCCC)COC(=O)CCCCCCCCC/C=C\C/C=C\CCCCCC. The van der Waals surface area contributed by atoms with Gasteiger partial charge in [0.1, 0.15) is 13.2 Å². The van der Waals surface area contributed by atoms with Crippen molar-refractivity contribution in [2.24, 2.45) is 0 Å². The number of carbonyl (C=O) groups excluding carboxylic acids is 3. The second-order valence-corrected chi connectivity index (χ2v) is 18.5. The van der Waals surface area contributed by atoms with Crippen molar-refractivity contribution in [1.29, 1.82) is 0 Å². The molecule has 0 heterocycles. The average molecular weight is 921 g/mol. The second-order valence-electron chi connectivity index (χ2n) is 18.5. The minimum atomic E-state index is -0.791. The Morgan fingerprint density at radius 1 is 0.318 bits per heavy atom. The van der Waals surface area contributed by atoms with Crippen molar-refractivity contribution in [1.82, 2.24) is 0 Å². The third-order valence-corrected chi connectivity index (χ3v) is 11.9. The molecule has 0 bridgehead atoms. The molecule has 0 spiro atoms. The minimum absolute atomic E-state index is 0.0890. The molecule has 0 N–H and O–H groups in total. The van der Waals surface area contributed by atoms with Crippen LogP contribution in [-0.4, -0.2) is 37.2 Å². The van der Waals surface area contributed by atoms with E-state index in [1.54, 1.807) is 0 Å². The van der Waals surface area contributed by atoms with E-state index < -0.39 is 6.10 Å². The first-order chi connectivity index (χ1) is 32.5. The molecule has 66 heavy (non-hydrogen) atoms. The zero-order valence-corrected chi connectivity index (χ0v) is 43.4. The Morgan fingerprint density at radius 3 is 0.955 bits per heavy atom. The molecule has 6 nitrogen and oxygen atoms in total. The Balaban J connectivity index is 4.42. The summed E-state index contributed by atoms with van der Waals surface area (Å²) < 4.78 is 16.8. The van der Waals surface area contributed by atoms with Gasteiger partial charge >= 0.3 is 17.9 Å². The highest BCUT2D eigenvalue weighted by molar-refractivity contribution is 5.71. The molecule has 0 aromatic rings. The van der Waals surface area contributed by atoms with Crippen molar-refractivity contribution in [3.8, 4) is 0 Å². The van der Waals surface area contributed by atoms with E-state index in [0.717, 1.165) is 116 Å². The van der Waals surface area contributed by atoms with Gasteiger partial charge in [-0.25, -0.2) is 0 Å². The van der Waals surface area contributed by atoms with Crippen molar-refractivity contribution < 1.29 is 28.6 Å². The normalized spacial score (nSPS) is 12.6. The fourth-order valence-electron chi connectivity index (χ4n) is 7.72. The molecule has 0 rings (SSSR count). The summed E-state index contributed by atoms with van der Waals surface area (Å²) in [6.07, 6.45) is 68.8. The van der Waals surface area contributed by atoms with E-state index >= 15 is 0 Å².